The molecule has 0 saturated carbocycles. The molecule has 0 spiro atoms. The zero-order valence-corrected chi connectivity index (χ0v) is 16.8. The Balaban J connectivity index is 1.36. The Morgan fingerprint density at radius 2 is 1.97 bits per heavy atom. The third-order valence-corrected chi connectivity index (χ3v) is 5.29. The molecule has 0 radical (unpaired) electrons. The quantitative estimate of drug-likeness (QED) is 0.446. The van der Waals surface area contributed by atoms with Crippen LogP contribution in [0.2, 0.25) is 5.15 Å². The summed E-state index contributed by atoms with van der Waals surface area (Å²) in [4.78, 5) is 8.54. The van der Waals surface area contributed by atoms with Gasteiger partial charge in [-0.1, -0.05) is 47.1 Å². The van der Waals surface area contributed by atoms with E-state index in [0.29, 0.717) is 34.7 Å². The highest BCUT2D eigenvalue weighted by molar-refractivity contribution is 6.29. The molecule has 1 fully saturated rings. The number of alkyl halides is 1. The minimum Gasteiger partial charge on any atom is -0.374 e. The van der Waals surface area contributed by atoms with E-state index in [9.17, 15) is 4.39 Å². The molecule has 1 aromatic carbocycles. The first kappa shape index (κ1) is 18.9. The van der Waals surface area contributed by atoms with Crippen LogP contribution in [0, 0.1) is 6.92 Å². The van der Waals surface area contributed by atoms with Crippen LogP contribution in [0.15, 0.2) is 53.2 Å². The maximum absolute atomic E-state index is 14.4. The van der Waals surface area contributed by atoms with E-state index in [4.69, 9.17) is 20.9 Å². The smallest absolute Gasteiger partial charge is 0.278 e. The van der Waals surface area contributed by atoms with E-state index in [2.05, 4.69) is 20.2 Å². The van der Waals surface area contributed by atoms with Gasteiger partial charge in [-0.15, -0.1) is 0 Å². The summed E-state index contributed by atoms with van der Waals surface area (Å²) >= 11 is 5.84. The summed E-state index contributed by atoms with van der Waals surface area (Å²) in [7, 11) is 0. The molecule has 4 heterocycles. The summed E-state index contributed by atoms with van der Waals surface area (Å²) in [6.45, 7) is 2.68. The molecule has 1 aliphatic heterocycles. The lowest BCUT2D eigenvalue weighted by Crippen LogP contribution is -2.42. The van der Waals surface area contributed by atoms with Gasteiger partial charge in [-0.05, 0) is 30.2 Å². The lowest BCUT2D eigenvalue weighted by molar-refractivity contribution is -0.135. The van der Waals surface area contributed by atoms with E-state index in [1.807, 2.05) is 23.7 Å². The fourth-order valence-corrected chi connectivity index (χ4v) is 3.37. The zero-order valence-electron chi connectivity index (χ0n) is 16.0. The van der Waals surface area contributed by atoms with Gasteiger partial charge in [0.1, 0.15) is 5.15 Å². The van der Waals surface area contributed by atoms with Crippen molar-refractivity contribution in [1.82, 2.24) is 24.9 Å². The molecule has 4 aromatic rings. The second kappa shape index (κ2) is 7.30. The first-order chi connectivity index (χ1) is 14.5. The van der Waals surface area contributed by atoms with Gasteiger partial charge in [-0.25, -0.2) is 9.37 Å². The zero-order chi connectivity index (χ0) is 20.7. The van der Waals surface area contributed by atoms with E-state index in [1.165, 1.54) is 0 Å². The molecular formula is C21H17ClFN5O2. The Labute approximate surface area is 176 Å². The summed E-state index contributed by atoms with van der Waals surface area (Å²) in [5, 5.41) is 9.06. The number of rotatable bonds is 5. The third-order valence-electron chi connectivity index (χ3n) is 5.07. The van der Waals surface area contributed by atoms with Gasteiger partial charge in [0.2, 0.25) is 5.82 Å². The highest BCUT2D eigenvalue weighted by Crippen LogP contribution is 2.34. The molecule has 1 saturated heterocycles. The van der Waals surface area contributed by atoms with Crippen molar-refractivity contribution in [3.63, 3.8) is 0 Å². The number of hydrogen-bond donors (Lipinski definition) is 0. The highest BCUT2D eigenvalue weighted by atomic mass is 35.5. The molecule has 0 aliphatic carbocycles. The van der Waals surface area contributed by atoms with Gasteiger partial charge < -0.3 is 9.26 Å². The molecule has 9 heteroatoms. The van der Waals surface area contributed by atoms with Gasteiger partial charge in [0, 0.05) is 17.5 Å². The van der Waals surface area contributed by atoms with E-state index in [1.54, 1.807) is 36.5 Å². The number of pyridine rings is 1. The van der Waals surface area contributed by atoms with Crippen molar-refractivity contribution in [3.05, 3.63) is 70.6 Å². The normalized spacial score (nSPS) is 15.2. The van der Waals surface area contributed by atoms with E-state index in [0.717, 1.165) is 16.8 Å². The van der Waals surface area contributed by atoms with Crippen molar-refractivity contribution < 1.29 is 13.7 Å². The summed E-state index contributed by atoms with van der Waals surface area (Å²) in [5.74, 6) is 0.739. The Hall–Kier alpha value is -3.10. The van der Waals surface area contributed by atoms with Crippen LogP contribution in [0.4, 0.5) is 4.39 Å². The summed E-state index contributed by atoms with van der Waals surface area (Å²) in [6.07, 6.45) is 1.72. The minimum absolute atomic E-state index is 0.0901. The fraction of sp³-hybridized carbons (Fsp3) is 0.238. The predicted octanol–water partition coefficient (Wildman–Crippen LogP) is 4.20. The molecule has 152 valence electrons. The van der Waals surface area contributed by atoms with Crippen LogP contribution in [-0.4, -0.2) is 38.1 Å². The SMILES string of the molecule is Cc1cc(-c2nc(-c3ccc(C4(F)COC4)cc3)no2)nn1Cc1ccc(Cl)nc1. The Morgan fingerprint density at radius 1 is 1.17 bits per heavy atom. The largest absolute Gasteiger partial charge is 0.374 e. The number of hydrogen-bond acceptors (Lipinski definition) is 6. The van der Waals surface area contributed by atoms with Crippen molar-refractivity contribution in [2.45, 2.75) is 19.1 Å². The fourth-order valence-electron chi connectivity index (χ4n) is 3.26. The molecule has 0 unspecified atom stereocenters. The lowest BCUT2D eigenvalue weighted by Gasteiger charge is -2.34. The highest BCUT2D eigenvalue weighted by Gasteiger charge is 2.40. The van der Waals surface area contributed by atoms with Gasteiger partial charge in [-0.2, -0.15) is 10.1 Å². The molecule has 0 atom stereocenters. The van der Waals surface area contributed by atoms with Crippen LogP contribution in [0.25, 0.3) is 23.0 Å². The van der Waals surface area contributed by atoms with E-state index in [-0.39, 0.29) is 13.2 Å². The van der Waals surface area contributed by atoms with Crippen LogP contribution in [-0.2, 0) is 17.0 Å². The molecule has 0 N–H and O–H groups in total. The number of aromatic nitrogens is 5. The third kappa shape index (κ3) is 3.48. The van der Waals surface area contributed by atoms with E-state index >= 15 is 0 Å². The van der Waals surface area contributed by atoms with E-state index < -0.39 is 5.67 Å². The van der Waals surface area contributed by atoms with Crippen molar-refractivity contribution in [2.24, 2.45) is 0 Å². The van der Waals surface area contributed by atoms with Crippen LogP contribution >= 0.6 is 11.6 Å². The molecule has 1 aliphatic rings. The topological polar surface area (TPSA) is 78.9 Å². The average Bonchev–Trinajstić information content (AvgIpc) is 3.35. The average molecular weight is 426 g/mol. The number of benzene rings is 1. The van der Waals surface area contributed by atoms with Crippen LogP contribution in [0.1, 0.15) is 16.8 Å². The Bertz CT molecular complexity index is 1180. The second-order valence-electron chi connectivity index (χ2n) is 7.28. The van der Waals surface area contributed by atoms with Gasteiger partial charge in [-0.3, -0.25) is 4.68 Å². The summed E-state index contributed by atoms with van der Waals surface area (Å²) < 4.78 is 26.6. The maximum Gasteiger partial charge on any atom is 0.278 e. The van der Waals surface area contributed by atoms with Crippen molar-refractivity contribution in [2.75, 3.05) is 13.2 Å². The van der Waals surface area contributed by atoms with Crippen LogP contribution in [0.3, 0.4) is 0 Å². The predicted molar refractivity (Wildman–Crippen MR) is 108 cm³/mol. The molecule has 5 rings (SSSR count). The van der Waals surface area contributed by atoms with Gasteiger partial charge in [0.25, 0.3) is 5.89 Å². The first-order valence-corrected chi connectivity index (χ1v) is 9.74. The monoisotopic (exact) mass is 425 g/mol. The molecule has 3 aromatic heterocycles. The molecule has 30 heavy (non-hydrogen) atoms. The van der Waals surface area contributed by atoms with Crippen molar-refractivity contribution in [3.8, 4) is 23.0 Å². The molecule has 0 amide bonds. The van der Waals surface area contributed by atoms with Gasteiger partial charge >= 0.3 is 0 Å². The summed E-state index contributed by atoms with van der Waals surface area (Å²) in [6, 6.07) is 12.5. The number of aryl methyl sites for hydroxylation is 1. The van der Waals surface area contributed by atoms with Crippen LogP contribution in [0.5, 0.6) is 0 Å². The number of halogens is 2. The van der Waals surface area contributed by atoms with Gasteiger partial charge in [0.05, 0.1) is 19.8 Å². The number of nitrogens with zero attached hydrogens (tertiary/aromatic N) is 5. The molecular weight excluding hydrogens is 409 g/mol. The van der Waals surface area contributed by atoms with Crippen molar-refractivity contribution in [1.29, 1.82) is 0 Å². The van der Waals surface area contributed by atoms with Gasteiger partial charge in [0.15, 0.2) is 11.4 Å². The number of ether oxygens (including phenoxy) is 1. The minimum atomic E-state index is -1.40. The summed E-state index contributed by atoms with van der Waals surface area (Å²) in [5.41, 5.74) is 2.43. The standard InChI is InChI=1S/C21H17ClFN5O2/c1-13-8-17(26-28(13)10-14-2-7-18(22)24-9-14)20-25-19(27-30-20)15-3-5-16(6-4-15)21(23)11-29-12-21/h2-9H,10-12H2,1H3. The second-order valence-corrected chi connectivity index (χ2v) is 7.66. The first-order valence-electron chi connectivity index (χ1n) is 9.37. The van der Waals surface area contributed by atoms with Crippen molar-refractivity contribution >= 4 is 11.6 Å². The lowest BCUT2D eigenvalue weighted by atomic mass is 9.93. The Kier molecular flexibility index (Phi) is 4.60. The maximum atomic E-state index is 14.4. The molecule has 7 nitrogen and oxygen atoms in total. The molecule has 0 bridgehead atoms. The van der Waals surface area contributed by atoms with Crippen LogP contribution < -0.4 is 0 Å². The Morgan fingerprint density at radius 3 is 2.63 bits per heavy atom.